The van der Waals surface area contributed by atoms with Crippen molar-refractivity contribution in [1.82, 2.24) is 0 Å². The van der Waals surface area contributed by atoms with Gasteiger partial charge in [0.05, 0.1) is 25.4 Å². The summed E-state index contributed by atoms with van der Waals surface area (Å²) in [5.74, 6) is 1.50. The lowest BCUT2D eigenvalue weighted by molar-refractivity contribution is -0.160. The Labute approximate surface area is 126 Å². The van der Waals surface area contributed by atoms with Crippen molar-refractivity contribution in [2.45, 2.75) is 56.8 Å². The molecule has 0 amide bonds. The van der Waals surface area contributed by atoms with E-state index < -0.39 is 6.10 Å². The largest absolute Gasteiger partial charge is 0.497 e. The molecule has 1 aromatic carbocycles. The Balaban J connectivity index is 1.93. The fourth-order valence-electron chi connectivity index (χ4n) is 3.54. The number of hydrogen-bond donors (Lipinski definition) is 1. The zero-order chi connectivity index (χ0) is 15.1. The Morgan fingerprint density at radius 2 is 2.24 bits per heavy atom. The Hall–Kier alpha value is -1.26. The molecular weight excluding hydrogens is 268 g/mol. The van der Waals surface area contributed by atoms with Crippen LogP contribution >= 0.6 is 0 Å². The quantitative estimate of drug-likeness (QED) is 0.909. The minimum atomic E-state index is -0.487. The number of aliphatic hydroxyl groups is 1. The molecule has 0 bridgehead atoms. The normalized spacial score (nSPS) is 35.1. The molecule has 3 unspecified atom stereocenters. The maximum absolute atomic E-state index is 10.5. The highest BCUT2D eigenvalue weighted by molar-refractivity contribution is 5.44. The third-order valence-corrected chi connectivity index (χ3v) is 4.92. The number of methoxy groups -OCH3 is 1. The van der Waals surface area contributed by atoms with Crippen molar-refractivity contribution in [2.75, 3.05) is 13.7 Å². The number of aliphatic hydroxyl groups excluding tert-OH is 1. The van der Waals surface area contributed by atoms with Crippen molar-refractivity contribution in [3.63, 3.8) is 0 Å². The molecule has 0 aromatic heterocycles. The molecule has 4 nitrogen and oxygen atoms in total. The topological polar surface area (TPSA) is 47.9 Å². The van der Waals surface area contributed by atoms with Gasteiger partial charge in [-0.1, -0.05) is 6.92 Å². The highest BCUT2D eigenvalue weighted by Gasteiger charge is 2.48. The van der Waals surface area contributed by atoms with E-state index >= 15 is 0 Å². The van der Waals surface area contributed by atoms with E-state index in [4.69, 9.17) is 14.2 Å². The molecule has 116 valence electrons. The summed E-state index contributed by atoms with van der Waals surface area (Å²) in [6, 6.07) is 5.63. The molecule has 1 N–H and O–H groups in total. The van der Waals surface area contributed by atoms with Crippen molar-refractivity contribution < 1.29 is 19.3 Å². The van der Waals surface area contributed by atoms with E-state index in [-0.39, 0.29) is 11.2 Å². The van der Waals surface area contributed by atoms with E-state index in [0.29, 0.717) is 13.0 Å². The van der Waals surface area contributed by atoms with Crippen LogP contribution in [0.25, 0.3) is 0 Å². The molecule has 2 aliphatic rings. The van der Waals surface area contributed by atoms with Crippen LogP contribution in [-0.2, 0) is 4.74 Å². The molecule has 3 rings (SSSR count). The summed E-state index contributed by atoms with van der Waals surface area (Å²) in [5, 5.41) is 10.5. The van der Waals surface area contributed by atoms with Crippen LogP contribution in [0.4, 0.5) is 0 Å². The van der Waals surface area contributed by atoms with Crippen LogP contribution in [0.5, 0.6) is 11.5 Å². The molecule has 2 heterocycles. The molecule has 0 aliphatic carbocycles. The van der Waals surface area contributed by atoms with Crippen molar-refractivity contribution in [3.8, 4) is 11.5 Å². The molecule has 1 fully saturated rings. The van der Waals surface area contributed by atoms with Gasteiger partial charge in [0.1, 0.15) is 17.1 Å². The molecule has 0 saturated carbocycles. The van der Waals surface area contributed by atoms with Gasteiger partial charge in [-0.15, -0.1) is 0 Å². The van der Waals surface area contributed by atoms with Crippen LogP contribution in [0.15, 0.2) is 18.2 Å². The van der Waals surface area contributed by atoms with Crippen LogP contribution in [0.3, 0.4) is 0 Å². The van der Waals surface area contributed by atoms with Crippen molar-refractivity contribution in [1.29, 1.82) is 0 Å². The molecule has 0 radical (unpaired) electrons. The van der Waals surface area contributed by atoms with Gasteiger partial charge in [-0.3, -0.25) is 0 Å². The van der Waals surface area contributed by atoms with Gasteiger partial charge in [0, 0.05) is 30.9 Å². The lowest BCUT2D eigenvalue weighted by Gasteiger charge is -2.49. The summed E-state index contributed by atoms with van der Waals surface area (Å²) >= 11 is 0. The SMILES string of the molecule is CCC1(C)CC2(CCO1)CC(O)c1ccc(OC)cc1O2. The summed E-state index contributed by atoms with van der Waals surface area (Å²) in [6.45, 7) is 4.94. The lowest BCUT2D eigenvalue weighted by Crippen LogP contribution is -2.52. The summed E-state index contributed by atoms with van der Waals surface area (Å²) in [7, 11) is 1.64. The Morgan fingerprint density at radius 1 is 1.43 bits per heavy atom. The van der Waals surface area contributed by atoms with Crippen molar-refractivity contribution in [3.05, 3.63) is 23.8 Å². The first-order valence-corrected chi connectivity index (χ1v) is 7.68. The van der Waals surface area contributed by atoms with Gasteiger partial charge < -0.3 is 19.3 Å². The summed E-state index contributed by atoms with van der Waals surface area (Å²) in [5.41, 5.74) is 0.349. The first-order valence-electron chi connectivity index (χ1n) is 7.68. The number of benzene rings is 1. The zero-order valence-corrected chi connectivity index (χ0v) is 13.0. The highest BCUT2D eigenvalue weighted by Crippen LogP contribution is 2.48. The van der Waals surface area contributed by atoms with E-state index in [1.807, 2.05) is 18.2 Å². The van der Waals surface area contributed by atoms with Crippen LogP contribution in [0, 0.1) is 0 Å². The number of fused-ring (bicyclic) bond motifs is 1. The highest BCUT2D eigenvalue weighted by atomic mass is 16.5. The molecular formula is C17H24O4. The number of ether oxygens (including phenoxy) is 3. The molecule has 4 heteroatoms. The van der Waals surface area contributed by atoms with E-state index in [1.165, 1.54) is 0 Å². The second-order valence-corrected chi connectivity index (χ2v) is 6.49. The van der Waals surface area contributed by atoms with Gasteiger partial charge in [-0.25, -0.2) is 0 Å². The molecule has 1 saturated heterocycles. The summed E-state index contributed by atoms with van der Waals surface area (Å²) in [6.07, 6.45) is 2.71. The average Bonchev–Trinajstić information content (AvgIpc) is 2.46. The zero-order valence-electron chi connectivity index (χ0n) is 13.0. The van der Waals surface area contributed by atoms with Crippen LogP contribution < -0.4 is 9.47 Å². The van der Waals surface area contributed by atoms with E-state index in [1.54, 1.807) is 7.11 Å². The average molecular weight is 292 g/mol. The van der Waals surface area contributed by atoms with Crippen LogP contribution in [0.1, 0.15) is 51.2 Å². The monoisotopic (exact) mass is 292 g/mol. The number of rotatable bonds is 2. The van der Waals surface area contributed by atoms with Gasteiger partial charge in [0.2, 0.25) is 0 Å². The van der Waals surface area contributed by atoms with Gasteiger partial charge in [-0.2, -0.15) is 0 Å². The number of hydrogen-bond acceptors (Lipinski definition) is 4. The molecule has 2 aliphatic heterocycles. The Kier molecular flexibility index (Phi) is 3.62. The first-order chi connectivity index (χ1) is 9.99. The predicted octanol–water partition coefficient (Wildman–Crippen LogP) is 3.23. The smallest absolute Gasteiger partial charge is 0.129 e. The van der Waals surface area contributed by atoms with E-state index in [0.717, 1.165) is 36.3 Å². The second-order valence-electron chi connectivity index (χ2n) is 6.49. The van der Waals surface area contributed by atoms with Gasteiger partial charge in [0.15, 0.2) is 0 Å². The molecule has 21 heavy (non-hydrogen) atoms. The van der Waals surface area contributed by atoms with Gasteiger partial charge in [-0.05, 0) is 25.5 Å². The fraction of sp³-hybridized carbons (Fsp3) is 0.647. The molecule has 3 atom stereocenters. The van der Waals surface area contributed by atoms with E-state index in [9.17, 15) is 5.11 Å². The first kappa shape index (κ1) is 14.7. The summed E-state index contributed by atoms with van der Waals surface area (Å²) in [4.78, 5) is 0. The van der Waals surface area contributed by atoms with E-state index in [2.05, 4.69) is 13.8 Å². The Morgan fingerprint density at radius 3 is 2.95 bits per heavy atom. The summed E-state index contributed by atoms with van der Waals surface area (Å²) < 4.78 is 17.5. The molecule has 1 aromatic rings. The minimum Gasteiger partial charge on any atom is -0.497 e. The van der Waals surface area contributed by atoms with Crippen LogP contribution in [0.2, 0.25) is 0 Å². The predicted molar refractivity (Wildman–Crippen MR) is 79.8 cm³/mol. The third-order valence-electron chi connectivity index (χ3n) is 4.92. The maximum Gasteiger partial charge on any atom is 0.129 e. The second kappa shape index (κ2) is 5.18. The van der Waals surface area contributed by atoms with Crippen molar-refractivity contribution in [2.24, 2.45) is 0 Å². The minimum absolute atomic E-state index is 0.172. The molecule has 1 spiro atoms. The Bertz CT molecular complexity index is 530. The van der Waals surface area contributed by atoms with Crippen molar-refractivity contribution >= 4 is 0 Å². The lowest BCUT2D eigenvalue weighted by atomic mass is 9.76. The standard InChI is InChI=1S/C17H24O4/c1-4-16(2)11-17(7-8-20-16)10-14(18)13-6-5-12(19-3)9-15(13)21-17/h5-6,9,14,18H,4,7-8,10-11H2,1-3H3. The fourth-order valence-corrected chi connectivity index (χ4v) is 3.54. The maximum atomic E-state index is 10.5. The van der Waals surface area contributed by atoms with Gasteiger partial charge in [0.25, 0.3) is 0 Å². The van der Waals surface area contributed by atoms with Crippen LogP contribution in [-0.4, -0.2) is 30.0 Å². The third kappa shape index (κ3) is 2.62. The van der Waals surface area contributed by atoms with Gasteiger partial charge >= 0.3 is 0 Å².